The number of rotatable bonds is 6. The molecule has 1 atom stereocenters. The fourth-order valence-corrected chi connectivity index (χ4v) is 3.27. The minimum atomic E-state index is -3.59. The molecule has 0 aliphatic heterocycles. The normalized spacial score (nSPS) is 13.4. The molecule has 0 radical (unpaired) electrons. The second kappa shape index (κ2) is 6.65. The Bertz CT molecular complexity index is 546. The van der Waals surface area contributed by atoms with Gasteiger partial charge >= 0.3 is 0 Å². The van der Waals surface area contributed by atoms with Gasteiger partial charge < -0.3 is 5.73 Å². The Morgan fingerprint density at radius 1 is 1.44 bits per heavy atom. The topological polar surface area (TPSA) is 89.3 Å². The van der Waals surface area contributed by atoms with E-state index in [-0.39, 0.29) is 11.4 Å². The molecule has 1 rings (SSSR count). The third kappa shape index (κ3) is 4.34. The predicted molar refractivity (Wildman–Crippen MR) is 77.3 cm³/mol. The van der Waals surface area contributed by atoms with Crippen molar-refractivity contribution in [2.24, 2.45) is 0 Å². The Balaban J connectivity index is 2.74. The number of sulfonamides is 1. The Hall–Kier alpha value is -0.440. The summed E-state index contributed by atoms with van der Waals surface area (Å²) in [5, 5.41) is 0. The van der Waals surface area contributed by atoms with Crippen LogP contribution in [0.25, 0.3) is 0 Å². The summed E-state index contributed by atoms with van der Waals surface area (Å²) in [7, 11) is -4.57. The fourth-order valence-electron chi connectivity index (χ4n) is 1.21. The fraction of sp³-hybridized carbons (Fsp3) is 0.400. The van der Waals surface area contributed by atoms with E-state index in [4.69, 9.17) is 5.73 Å². The van der Waals surface area contributed by atoms with Crippen molar-refractivity contribution in [3.63, 3.8) is 0 Å². The number of hydrogen-bond donors (Lipinski definition) is 2. The molecule has 1 unspecified atom stereocenters. The highest BCUT2D eigenvalue weighted by Crippen LogP contribution is 2.22. The molecule has 5 nitrogen and oxygen atoms in total. The van der Waals surface area contributed by atoms with E-state index in [9.17, 15) is 12.6 Å². The van der Waals surface area contributed by atoms with E-state index in [0.717, 1.165) is 0 Å². The van der Waals surface area contributed by atoms with E-state index in [1.807, 2.05) is 0 Å². The van der Waals surface area contributed by atoms with Crippen LogP contribution in [-0.4, -0.2) is 30.7 Å². The third-order valence-electron chi connectivity index (χ3n) is 2.22. The van der Waals surface area contributed by atoms with Crippen LogP contribution in [0.3, 0.4) is 0 Å². The van der Waals surface area contributed by atoms with Crippen molar-refractivity contribution in [3.05, 3.63) is 22.7 Å². The van der Waals surface area contributed by atoms with Gasteiger partial charge in [0.2, 0.25) is 10.0 Å². The summed E-state index contributed by atoms with van der Waals surface area (Å²) < 4.78 is 38.0. The molecule has 0 spiro atoms. The lowest BCUT2D eigenvalue weighted by Gasteiger charge is -2.07. The second-order valence-electron chi connectivity index (χ2n) is 3.51. The molecule has 0 fully saturated rings. The van der Waals surface area contributed by atoms with Gasteiger partial charge in [0.05, 0.1) is 4.90 Å². The summed E-state index contributed by atoms with van der Waals surface area (Å²) in [5.74, 6) is 0.828. The highest BCUT2D eigenvalue weighted by atomic mass is 79.9. The molecule has 0 bridgehead atoms. The molecule has 1 aromatic carbocycles. The van der Waals surface area contributed by atoms with Gasteiger partial charge in [0.15, 0.2) is 0 Å². The monoisotopic (exact) mass is 354 g/mol. The molecule has 0 aromatic heterocycles. The first-order chi connectivity index (χ1) is 8.36. The highest BCUT2D eigenvalue weighted by molar-refractivity contribution is 9.10. The zero-order valence-corrected chi connectivity index (χ0v) is 13.1. The summed E-state index contributed by atoms with van der Waals surface area (Å²) in [5.41, 5.74) is 5.98. The van der Waals surface area contributed by atoms with Crippen LogP contribution < -0.4 is 10.5 Å². The maximum absolute atomic E-state index is 11.9. The van der Waals surface area contributed by atoms with Crippen LogP contribution in [0.2, 0.25) is 0 Å². The lowest BCUT2D eigenvalue weighted by Crippen LogP contribution is -2.28. The lowest BCUT2D eigenvalue weighted by molar-refractivity contribution is 0.584. The molecule has 3 N–H and O–H groups in total. The Labute approximate surface area is 118 Å². The van der Waals surface area contributed by atoms with Crippen molar-refractivity contribution in [3.8, 4) is 0 Å². The first kappa shape index (κ1) is 15.6. The van der Waals surface area contributed by atoms with Crippen molar-refractivity contribution in [1.82, 2.24) is 4.72 Å². The Kier molecular flexibility index (Phi) is 5.77. The summed E-state index contributed by atoms with van der Waals surface area (Å²) in [4.78, 5) is 0.102. The average Bonchev–Trinajstić information content (AvgIpc) is 2.32. The third-order valence-corrected chi connectivity index (χ3v) is 5.71. The molecule has 0 heterocycles. The molecule has 0 saturated heterocycles. The van der Waals surface area contributed by atoms with E-state index in [2.05, 4.69) is 20.7 Å². The average molecular weight is 355 g/mol. The van der Waals surface area contributed by atoms with Crippen molar-refractivity contribution < 1.29 is 12.6 Å². The van der Waals surface area contributed by atoms with Gasteiger partial charge in [-0.3, -0.25) is 4.21 Å². The van der Waals surface area contributed by atoms with Crippen LogP contribution in [0.15, 0.2) is 27.6 Å². The first-order valence-corrected chi connectivity index (χ1v) is 9.03. The van der Waals surface area contributed by atoms with Crippen molar-refractivity contribution in [2.75, 3.05) is 23.8 Å². The summed E-state index contributed by atoms with van der Waals surface area (Å²) in [6, 6.07) is 4.41. The van der Waals surface area contributed by atoms with Gasteiger partial charge in [-0.15, -0.1) is 0 Å². The van der Waals surface area contributed by atoms with Gasteiger partial charge in [0.25, 0.3) is 0 Å². The molecule has 1 aromatic rings. The number of nitrogens with one attached hydrogen (secondary N) is 1. The predicted octanol–water partition coefficient (Wildman–Crippen LogP) is 1.08. The summed E-state index contributed by atoms with van der Waals surface area (Å²) in [6.45, 7) is 1.94. The van der Waals surface area contributed by atoms with Crippen molar-refractivity contribution >= 4 is 42.4 Å². The zero-order chi connectivity index (χ0) is 13.8. The largest absolute Gasteiger partial charge is 0.398 e. The number of nitrogens with two attached hydrogens (primary N) is 1. The van der Waals surface area contributed by atoms with Crippen LogP contribution >= 0.6 is 15.9 Å². The summed E-state index contributed by atoms with van der Waals surface area (Å²) in [6.07, 6.45) is 0. The standard InChI is InChI=1S/C10H15BrN2O3S2/c1-2-17(14)6-5-13-18(15,16)8-3-4-9(11)10(12)7-8/h3-4,7,13H,2,5-6,12H2,1H3. The van der Waals surface area contributed by atoms with Crippen LogP contribution in [0.4, 0.5) is 5.69 Å². The first-order valence-electron chi connectivity index (χ1n) is 5.26. The number of anilines is 1. The van der Waals surface area contributed by atoms with E-state index >= 15 is 0 Å². The molecular formula is C10H15BrN2O3S2. The molecular weight excluding hydrogens is 340 g/mol. The Morgan fingerprint density at radius 2 is 2.11 bits per heavy atom. The molecule has 102 valence electrons. The molecule has 8 heteroatoms. The van der Waals surface area contributed by atoms with Gasteiger partial charge in [0, 0.05) is 39.0 Å². The maximum Gasteiger partial charge on any atom is 0.240 e. The van der Waals surface area contributed by atoms with Gasteiger partial charge in [-0.2, -0.15) is 0 Å². The number of halogens is 1. The quantitative estimate of drug-likeness (QED) is 0.748. The van der Waals surface area contributed by atoms with Crippen molar-refractivity contribution in [2.45, 2.75) is 11.8 Å². The SMILES string of the molecule is CCS(=O)CCNS(=O)(=O)c1ccc(Br)c(N)c1. The minimum absolute atomic E-state index is 0.102. The van der Waals surface area contributed by atoms with Crippen LogP contribution in [0, 0.1) is 0 Å². The molecule has 0 amide bonds. The van der Waals surface area contributed by atoms with Crippen molar-refractivity contribution in [1.29, 1.82) is 0 Å². The minimum Gasteiger partial charge on any atom is -0.398 e. The van der Waals surface area contributed by atoms with Gasteiger partial charge in [-0.05, 0) is 34.1 Å². The lowest BCUT2D eigenvalue weighted by atomic mass is 10.3. The number of benzene rings is 1. The maximum atomic E-state index is 11.9. The molecule has 18 heavy (non-hydrogen) atoms. The van der Waals surface area contributed by atoms with Gasteiger partial charge in [-0.1, -0.05) is 6.92 Å². The summed E-state index contributed by atoms with van der Waals surface area (Å²) >= 11 is 3.20. The molecule has 0 saturated carbocycles. The van der Waals surface area contributed by atoms with Gasteiger partial charge in [0.1, 0.15) is 0 Å². The molecule has 0 aliphatic rings. The van der Waals surface area contributed by atoms with Crippen LogP contribution in [0.5, 0.6) is 0 Å². The number of nitrogen functional groups attached to an aromatic ring is 1. The van der Waals surface area contributed by atoms with E-state index in [1.165, 1.54) is 12.1 Å². The highest BCUT2D eigenvalue weighted by Gasteiger charge is 2.14. The number of hydrogen-bond acceptors (Lipinski definition) is 4. The smallest absolute Gasteiger partial charge is 0.240 e. The van der Waals surface area contributed by atoms with E-state index in [1.54, 1.807) is 13.0 Å². The van der Waals surface area contributed by atoms with Gasteiger partial charge in [-0.25, -0.2) is 13.1 Å². The second-order valence-corrected chi connectivity index (χ2v) is 8.00. The molecule has 0 aliphatic carbocycles. The van der Waals surface area contributed by atoms with E-state index < -0.39 is 20.8 Å². The Morgan fingerprint density at radius 3 is 2.67 bits per heavy atom. The van der Waals surface area contributed by atoms with Crippen LogP contribution in [-0.2, 0) is 20.8 Å². The van der Waals surface area contributed by atoms with Crippen LogP contribution in [0.1, 0.15) is 6.92 Å². The zero-order valence-electron chi connectivity index (χ0n) is 9.85. The van der Waals surface area contributed by atoms with E-state index in [0.29, 0.717) is 21.7 Å².